The minimum Gasteiger partial charge on any atom is -0.481 e. The van der Waals surface area contributed by atoms with E-state index in [1.54, 1.807) is 0 Å². The molecule has 2 N–H and O–H groups in total. The third kappa shape index (κ3) is 17.5. The van der Waals surface area contributed by atoms with Crippen molar-refractivity contribution in [3.05, 3.63) is 0 Å². The van der Waals surface area contributed by atoms with Crippen LogP contribution < -0.4 is 0 Å². The van der Waals surface area contributed by atoms with Crippen LogP contribution in [0.1, 0.15) is 150 Å². The highest BCUT2D eigenvalue weighted by atomic mass is 16.4. The lowest BCUT2D eigenvalue weighted by molar-refractivity contribution is -0.151. The molecule has 4 heteroatoms. The molecule has 0 aliphatic rings. The molecule has 190 valence electrons. The van der Waals surface area contributed by atoms with Crippen molar-refractivity contribution in [1.29, 1.82) is 0 Å². The number of rotatable bonds is 23. The standard InChI is InChI=1S/C28H54O4/c1-24(2)18-13-9-5-7-11-15-21-28(27(31)32,23-17-20-26(29)30)22-16-12-8-6-10-14-19-25(3)4/h24-25H,5-23H2,1-4H3,(H,29,30)(H,31,32). The van der Waals surface area contributed by atoms with Gasteiger partial charge in [-0.1, -0.05) is 118 Å². The summed E-state index contributed by atoms with van der Waals surface area (Å²) in [6, 6.07) is 0. The van der Waals surface area contributed by atoms with E-state index < -0.39 is 17.4 Å². The molecule has 0 radical (unpaired) electrons. The van der Waals surface area contributed by atoms with E-state index in [0.717, 1.165) is 37.5 Å². The zero-order valence-electron chi connectivity index (χ0n) is 21.8. The molecule has 0 aromatic heterocycles. The minimum absolute atomic E-state index is 0.0702. The molecular formula is C28H54O4. The molecule has 0 spiro atoms. The summed E-state index contributed by atoms with van der Waals surface area (Å²) in [6.07, 6.45) is 19.1. The van der Waals surface area contributed by atoms with Gasteiger partial charge < -0.3 is 10.2 Å². The fourth-order valence-electron chi connectivity index (χ4n) is 4.72. The summed E-state index contributed by atoms with van der Waals surface area (Å²) in [5.41, 5.74) is -0.731. The molecule has 0 aromatic carbocycles. The molecule has 0 fully saturated rings. The van der Waals surface area contributed by atoms with Crippen LogP contribution in [0.5, 0.6) is 0 Å². The van der Waals surface area contributed by atoms with Gasteiger partial charge in [-0.15, -0.1) is 0 Å². The van der Waals surface area contributed by atoms with E-state index in [0.29, 0.717) is 25.7 Å². The highest BCUT2D eigenvalue weighted by Crippen LogP contribution is 2.37. The van der Waals surface area contributed by atoms with Gasteiger partial charge in [0.05, 0.1) is 5.41 Å². The number of hydrogen-bond acceptors (Lipinski definition) is 2. The van der Waals surface area contributed by atoms with Gasteiger partial charge in [0, 0.05) is 6.42 Å². The van der Waals surface area contributed by atoms with Crippen LogP contribution >= 0.6 is 0 Å². The van der Waals surface area contributed by atoms with Crippen LogP contribution in [0.25, 0.3) is 0 Å². The number of carboxylic acid groups (broad SMARTS) is 2. The lowest BCUT2D eigenvalue weighted by atomic mass is 9.74. The molecule has 0 saturated heterocycles. The van der Waals surface area contributed by atoms with Crippen LogP contribution in [0.3, 0.4) is 0 Å². The SMILES string of the molecule is CC(C)CCCCCCCCC(CCCCCCCCC(C)C)(CCCC(=O)O)C(=O)O. The van der Waals surface area contributed by atoms with Crippen LogP contribution in [-0.2, 0) is 9.59 Å². The van der Waals surface area contributed by atoms with Crippen molar-refractivity contribution < 1.29 is 19.8 Å². The molecule has 0 aliphatic heterocycles. The largest absolute Gasteiger partial charge is 0.481 e. The minimum atomic E-state index is -0.827. The molecule has 0 unspecified atom stereocenters. The summed E-state index contributed by atoms with van der Waals surface area (Å²) in [5, 5.41) is 19.1. The van der Waals surface area contributed by atoms with Crippen LogP contribution in [-0.4, -0.2) is 22.2 Å². The van der Waals surface area contributed by atoms with Gasteiger partial charge in [-0.25, -0.2) is 0 Å². The van der Waals surface area contributed by atoms with E-state index in [-0.39, 0.29) is 6.42 Å². The number of hydrogen-bond donors (Lipinski definition) is 2. The smallest absolute Gasteiger partial charge is 0.309 e. The van der Waals surface area contributed by atoms with E-state index in [1.165, 1.54) is 64.2 Å². The van der Waals surface area contributed by atoms with Gasteiger partial charge in [-0.3, -0.25) is 9.59 Å². The number of aliphatic carboxylic acids is 2. The lowest BCUT2D eigenvalue weighted by Crippen LogP contribution is -2.31. The molecule has 32 heavy (non-hydrogen) atoms. The average Bonchev–Trinajstić information content (AvgIpc) is 2.70. The van der Waals surface area contributed by atoms with Crippen molar-refractivity contribution in [3.63, 3.8) is 0 Å². The molecule has 4 nitrogen and oxygen atoms in total. The average molecular weight is 455 g/mol. The second-order valence-corrected chi connectivity index (χ2v) is 10.9. The lowest BCUT2D eigenvalue weighted by Gasteiger charge is -2.30. The van der Waals surface area contributed by atoms with Gasteiger partial charge in [-0.05, 0) is 37.5 Å². The van der Waals surface area contributed by atoms with Gasteiger partial charge in [0.1, 0.15) is 0 Å². The predicted octanol–water partition coefficient (Wildman–Crippen LogP) is 8.87. The molecular weight excluding hydrogens is 400 g/mol. The maximum absolute atomic E-state index is 12.3. The second-order valence-electron chi connectivity index (χ2n) is 10.9. The van der Waals surface area contributed by atoms with E-state index in [9.17, 15) is 14.7 Å². The first-order chi connectivity index (χ1) is 15.2. The number of carboxylic acids is 2. The fraction of sp³-hybridized carbons (Fsp3) is 0.929. The number of unbranched alkanes of at least 4 members (excludes halogenated alkanes) is 10. The van der Waals surface area contributed by atoms with Gasteiger partial charge in [0.25, 0.3) is 0 Å². The Hall–Kier alpha value is -1.06. The van der Waals surface area contributed by atoms with E-state index in [1.807, 2.05) is 0 Å². The van der Waals surface area contributed by atoms with Crippen molar-refractivity contribution in [2.45, 2.75) is 150 Å². The molecule has 0 bridgehead atoms. The van der Waals surface area contributed by atoms with Gasteiger partial charge in [0.15, 0.2) is 0 Å². The molecule has 0 aromatic rings. The Morgan fingerprint density at radius 2 is 0.906 bits per heavy atom. The molecule has 0 rings (SSSR count). The highest BCUT2D eigenvalue weighted by Gasteiger charge is 2.36. The Bertz CT molecular complexity index is 446. The molecule has 0 aliphatic carbocycles. The van der Waals surface area contributed by atoms with Crippen LogP contribution in [0.2, 0.25) is 0 Å². The second kappa shape index (κ2) is 19.4. The van der Waals surface area contributed by atoms with Crippen molar-refractivity contribution >= 4 is 11.9 Å². The van der Waals surface area contributed by atoms with E-state index in [2.05, 4.69) is 27.7 Å². The predicted molar refractivity (Wildman–Crippen MR) is 135 cm³/mol. The van der Waals surface area contributed by atoms with Gasteiger partial charge in [-0.2, -0.15) is 0 Å². The summed E-state index contributed by atoms with van der Waals surface area (Å²) in [7, 11) is 0. The normalized spacial score (nSPS) is 12.1. The zero-order valence-corrected chi connectivity index (χ0v) is 21.8. The maximum Gasteiger partial charge on any atom is 0.309 e. The quantitative estimate of drug-likeness (QED) is 0.151. The molecule has 0 saturated carbocycles. The Balaban J connectivity index is 4.40. The van der Waals surface area contributed by atoms with E-state index >= 15 is 0 Å². The third-order valence-electron chi connectivity index (χ3n) is 6.87. The summed E-state index contributed by atoms with van der Waals surface area (Å²) < 4.78 is 0. The van der Waals surface area contributed by atoms with Crippen molar-refractivity contribution in [2.24, 2.45) is 17.3 Å². The zero-order chi connectivity index (χ0) is 24.2. The molecule has 0 atom stereocenters. The Morgan fingerprint density at radius 3 is 1.25 bits per heavy atom. The van der Waals surface area contributed by atoms with Crippen LogP contribution in [0.4, 0.5) is 0 Å². The fourth-order valence-corrected chi connectivity index (χ4v) is 4.72. The number of carbonyl (C=O) groups is 2. The topological polar surface area (TPSA) is 74.6 Å². The van der Waals surface area contributed by atoms with Crippen LogP contribution in [0.15, 0.2) is 0 Å². The van der Waals surface area contributed by atoms with Crippen LogP contribution in [0, 0.1) is 17.3 Å². The maximum atomic E-state index is 12.3. The van der Waals surface area contributed by atoms with Gasteiger partial charge >= 0.3 is 11.9 Å². The monoisotopic (exact) mass is 454 g/mol. The summed E-state index contributed by atoms with van der Waals surface area (Å²) >= 11 is 0. The van der Waals surface area contributed by atoms with Crippen molar-refractivity contribution in [2.75, 3.05) is 0 Å². The molecule has 0 heterocycles. The van der Waals surface area contributed by atoms with Crippen molar-refractivity contribution in [1.82, 2.24) is 0 Å². The summed E-state index contributed by atoms with van der Waals surface area (Å²) in [4.78, 5) is 23.3. The van der Waals surface area contributed by atoms with Gasteiger partial charge in [0.2, 0.25) is 0 Å². The Kier molecular flexibility index (Phi) is 18.8. The summed E-state index contributed by atoms with van der Waals surface area (Å²) in [6.45, 7) is 9.07. The third-order valence-corrected chi connectivity index (χ3v) is 6.87. The first-order valence-corrected chi connectivity index (χ1v) is 13.6. The first kappa shape index (κ1) is 30.9. The highest BCUT2D eigenvalue weighted by molar-refractivity contribution is 5.74. The Labute approximate surface area is 199 Å². The first-order valence-electron chi connectivity index (χ1n) is 13.6. The van der Waals surface area contributed by atoms with Crippen molar-refractivity contribution in [3.8, 4) is 0 Å². The van der Waals surface area contributed by atoms with E-state index in [4.69, 9.17) is 5.11 Å². The summed E-state index contributed by atoms with van der Waals surface area (Å²) in [5.74, 6) is 0.0119. The Morgan fingerprint density at radius 1 is 0.562 bits per heavy atom. The molecule has 0 amide bonds.